The summed E-state index contributed by atoms with van der Waals surface area (Å²) in [6.07, 6.45) is 1.64. The first kappa shape index (κ1) is 14.1. The van der Waals surface area contributed by atoms with Crippen LogP contribution in [0.15, 0.2) is 47.1 Å². The van der Waals surface area contributed by atoms with E-state index in [1.807, 2.05) is 0 Å². The molecule has 1 aliphatic rings. The fourth-order valence-electron chi connectivity index (χ4n) is 2.36. The smallest absolute Gasteiger partial charge is 0.261 e. The van der Waals surface area contributed by atoms with Gasteiger partial charge in [0.2, 0.25) is 11.8 Å². The van der Waals surface area contributed by atoms with Crippen molar-refractivity contribution in [2.45, 2.75) is 13.0 Å². The molecular weight excluding hydrogens is 284 g/mol. The van der Waals surface area contributed by atoms with Crippen molar-refractivity contribution in [1.82, 2.24) is 10.2 Å². The number of rotatable bonds is 4. The third kappa shape index (κ3) is 2.76. The van der Waals surface area contributed by atoms with Crippen molar-refractivity contribution in [2.24, 2.45) is 0 Å². The fraction of sp³-hybridized carbons (Fsp3) is 0.188. The summed E-state index contributed by atoms with van der Waals surface area (Å²) in [5, 5.41) is 2.62. The highest BCUT2D eigenvalue weighted by Crippen LogP contribution is 2.19. The number of furan rings is 1. The van der Waals surface area contributed by atoms with Gasteiger partial charge >= 0.3 is 0 Å². The number of hydrogen-bond acceptors (Lipinski definition) is 4. The van der Waals surface area contributed by atoms with Crippen LogP contribution in [0.1, 0.15) is 21.7 Å². The van der Waals surface area contributed by atoms with Crippen LogP contribution in [0, 0.1) is 0 Å². The summed E-state index contributed by atoms with van der Waals surface area (Å²) in [5.41, 5.74) is 1.17. The molecule has 0 aliphatic carbocycles. The molecule has 112 valence electrons. The van der Waals surface area contributed by atoms with E-state index in [0.717, 1.165) is 4.90 Å². The van der Waals surface area contributed by atoms with E-state index in [2.05, 4.69) is 5.32 Å². The molecule has 0 spiro atoms. The van der Waals surface area contributed by atoms with Gasteiger partial charge in [0, 0.05) is 5.56 Å². The van der Waals surface area contributed by atoms with Crippen LogP contribution in [0.5, 0.6) is 0 Å². The van der Waals surface area contributed by atoms with E-state index in [4.69, 9.17) is 4.42 Å². The largest absolute Gasteiger partial charge is 0.467 e. The van der Waals surface area contributed by atoms with E-state index in [1.54, 1.807) is 36.4 Å². The molecule has 2 aromatic rings. The van der Waals surface area contributed by atoms with Gasteiger partial charge in [-0.05, 0) is 23.8 Å². The third-order valence-corrected chi connectivity index (χ3v) is 3.48. The minimum Gasteiger partial charge on any atom is -0.467 e. The molecule has 1 aliphatic heterocycles. The number of nitrogens with one attached hydrogen (secondary N) is 1. The molecule has 6 heteroatoms. The van der Waals surface area contributed by atoms with Crippen molar-refractivity contribution in [2.75, 3.05) is 6.54 Å². The van der Waals surface area contributed by atoms with Crippen LogP contribution in [0.4, 0.5) is 0 Å². The van der Waals surface area contributed by atoms with Gasteiger partial charge in [-0.25, -0.2) is 0 Å². The van der Waals surface area contributed by atoms with Gasteiger partial charge in [-0.15, -0.1) is 0 Å². The Hall–Kier alpha value is -2.89. The summed E-state index contributed by atoms with van der Waals surface area (Å²) in [7, 11) is 0. The van der Waals surface area contributed by atoms with Crippen molar-refractivity contribution < 1.29 is 18.8 Å². The zero-order valence-electron chi connectivity index (χ0n) is 11.7. The average molecular weight is 298 g/mol. The molecule has 1 aromatic carbocycles. The van der Waals surface area contributed by atoms with E-state index < -0.39 is 11.8 Å². The summed E-state index contributed by atoms with van der Waals surface area (Å²) >= 11 is 0. The molecule has 1 N–H and O–H groups in total. The van der Waals surface area contributed by atoms with E-state index in [-0.39, 0.29) is 25.4 Å². The van der Waals surface area contributed by atoms with Crippen LogP contribution in [0.25, 0.3) is 0 Å². The molecule has 3 amide bonds. The minimum atomic E-state index is -0.431. The second kappa shape index (κ2) is 5.85. The summed E-state index contributed by atoms with van der Waals surface area (Å²) in [6, 6.07) is 10.4. The van der Waals surface area contributed by atoms with Crippen molar-refractivity contribution >= 4 is 17.7 Å². The number of imide groups is 1. The second-order valence-electron chi connectivity index (χ2n) is 4.98. The Morgan fingerprint density at radius 3 is 2.77 bits per heavy atom. The zero-order chi connectivity index (χ0) is 15.5. The van der Waals surface area contributed by atoms with Gasteiger partial charge in [0.15, 0.2) is 0 Å². The molecule has 3 rings (SSSR count). The molecule has 0 bridgehead atoms. The van der Waals surface area contributed by atoms with Gasteiger partial charge < -0.3 is 9.73 Å². The quantitative estimate of drug-likeness (QED) is 0.858. The number of carbonyl (C=O) groups excluding carboxylic acids is 3. The highest BCUT2D eigenvalue weighted by molar-refractivity contribution is 6.11. The Balaban J connectivity index is 1.66. The van der Waals surface area contributed by atoms with Gasteiger partial charge in [-0.2, -0.15) is 0 Å². The maximum absolute atomic E-state index is 12.3. The van der Waals surface area contributed by atoms with Gasteiger partial charge in [-0.1, -0.05) is 18.2 Å². The molecule has 1 aromatic heterocycles. The maximum Gasteiger partial charge on any atom is 0.261 e. The Bertz CT molecular complexity index is 722. The normalized spacial score (nSPS) is 13.9. The van der Waals surface area contributed by atoms with Crippen molar-refractivity contribution in [3.8, 4) is 0 Å². The SMILES string of the molecule is O=C(CN1C(=O)Cc2ccccc2C1=O)NCc1ccco1. The average Bonchev–Trinajstić information content (AvgIpc) is 3.03. The lowest BCUT2D eigenvalue weighted by Gasteiger charge is -2.26. The van der Waals surface area contributed by atoms with Crippen LogP contribution in [0.2, 0.25) is 0 Å². The Kier molecular flexibility index (Phi) is 3.74. The molecule has 0 fully saturated rings. The first-order chi connectivity index (χ1) is 10.6. The van der Waals surface area contributed by atoms with Gasteiger partial charge in [-0.3, -0.25) is 19.3 Å². The first-order valence-electron chi connectivity index (χ1n) is 6.87. The number of benzene rings is 1. The predicted molar refractivity (Wildman–Crippen MR) is 76.7 cm³/mol. The van der Waals surface area contributed by atoms with Crippen LogP contribution >= 0.6 is 0 Å². The first-order valence-corrected chi connectivity index (χ1v) is 6.87. The molecule has 22 heavy (non-hydrogen) atoms. The monoisotopic (exact) mass is 298 g/mol. The molecule has 0 saturated heterocycles. The number of hydrogen-bond donors (Lipinski definition) is 1. The molecular formula is C16H14N2O4. The predicted octanol–water partition coefficient (Wildman–Crippen LogP) is 1.12. The minimum absolute atomic E-state index is 0.132. The number of nitrogens with zero attached hydrogens (tertiary/aromatic N) is 1. The Morgan fingerprint density at radius 1 is 1.18 bits per heavy atom. The summed E-state index contributed by atoms with van der Waals surface area (Å²) in [5.74, 6) is -0.593. The third-order valence-electron chi connectivity index (χ3n) is 3.48. The van der Waals surface area contributed by atoms with E-state index in [1.165, 1.54) is 6.26 Å². The van der Waals surface area contributed by atoms with Crippen LogP contribution in [-0.4, -0.2) is 29.2 Å². The topological polar surface area (TPSA) is 79.6 Å². The number of carbonyl (C=O) groups is 3. The van der Waals surface area contributed by atoms with Crippen LogP contribution < -0.4 is 5.32 Å². The van der Waals surface area contributed by atoms with Crippen molar-refractivity contribution in [3.05, 3.63) is 59.5 Å². The van der Waals surface area contributed by atoms with Crippen LogP contribution in [-0.2, 0) is 22.6 Å². The number of amides is 3. The molecule has 2 heterocycles. The van der Waals surface area contributed by atoms with E-state index >= 15 is 0 Å². The summed E-state index contributed by atoms with van der Waals surface area (Å²) in [6.45, 7) is -0.0641. The zero-order valence-corrected chi connectivity index (χ0v) is 11.7. The lowest BCUT2D eigenvalue weighted by Crippen LogP contribution is -2.47. The van der Waals surface area contributed by atoms with Crippen molar-refractivity contribution in [1.29, 1.82) is 0 Å². The number of fused-ring (bicyclic) bond motifs is 1. The summed E-state index contributed by atoms with van der Waals surface area (Å²) in [4.78, 5) is 37.2. The Morgan fingerprint density at radius 2 is 2.00 bits per heavy atom. The second-order valence-corrected chi connectivity index (χ2v) is 4.98. The molecule has 0 atom stereocenters. The molecule has 6 nitrogen and oxygen atoms in total. The standard InChI is InChI=1S/C16H14N2O4/c19-14(17-9-12-5-3-7-22-12)10-18-15(20)8-11-4-1-2-6-13(11)16(18)21/h1-7H,8-10H2,(H,17,19). The Labute approximate surface area is 126 Å². The van der Waals surface area contributed by atoms with Crippen LogP contribution in [0.3, 0.4) is 0 Å². The van der Waals surface area contributed by atoms with Gasteiger partial charge in [0.25, 0.3) is 5.91 Å². The fourth-order valence-corrected chi connectivity index (χ4v) is 2.36. The molecule has 0 saturated carbocycles. The van der Waals surface area contributed by atoms with Crippen molar-refractivity contribution in [3.63, 3.8) is 0 Å². The lowest BCUT2D eigenvalue weighted by atomic mass is 9.98. The molecule has 0 radical (unpaired) electrons. The van der Waals surface area contributed by atoms with Gasteiger partial charge in [0.05, 0.1) is 19.2 Å². The van der Waals surface area contributed by atoms with Gasteiger partial charge in [0.1, 0.15) is 12.3 Å². The van der Waals surface area contributed by atoms with E-state index in [9.17, 15) is 14.4 Å². The lowest BCUT2D eigenvalue weighted by molar-refractivity contribution is -0.133. The highest BCUT2D eigenvalue weighted by atomic mass is 16.3. The maximum atomic E-state index is 12.3. The molecule has 0 unspecified atom stereocenters. The highest BCUT2D eigenvalue weighted by Gasteiger charge is 2.31. The summed E-state index contributed by atoms with van der Waals surface area (Å²) < 4.78 is 5.10. The van der Waals surface area contributed by atoms with E-state index in [0.29, 0.717) is 16.9 Å².